The number of hydrogen-bond donors (Lipinski definition) is 4. The van der Waals surface area contributed by atoms with Gasteiger partial charge in [0.05, 0.1) is 26.4 Å². The van der Waals surface area contributed by atoms with Gasteiger partial charge in [0, 0.05) is 19.3 Å². The molecule has 91 heavy (non-hydrogen) atoms. The fourth-order valence-electron chi connectivity index (χ4n) is 10.1. The minimum atomic E-state index is -4.91. The predicted octanol–water partition coefficient (Wildman–Crippen LogP) is 20.5. The second-order valence-electron chi connectivity index (χ2n) is 24.7. The molecule has 0 bridgehead atoms. The molecule has 16 nitrogen and oxygen atoms in total. The van der Waals surface area contributed by atoms with Crippen molar-refractivity contribution in [2.45, 2.75) is 347 Å². The summed E-state index contributed by atoms with van der Waals surface area (Å²) >= 11 is 0. The van der Waals surface area contributed by atoms with Gasteiger partial charge in [-0.05, 0) is 89.9 Å². The SMILES string of the molecule is CCCCC/C=C\C/C=C\C/C=C\C/C=C\CCCCCCCCCCCCCCCC(=O)OCC(O)COP(=O)(O)OCC(O)COP(=O)(O)OCC(COC(=O)CCCCCCC/C=C\CCCCCCCC)OC(=O)CCCCCCCCCCCCC. The monoisotopic (exact) mass is 1330 g/mol. The molecule has 0 aliphatic carbocycles. The van der Waals surface area contributed by atoms with E-state index in [0.717, 1.165) is 109 Å². The van der Waals surface area contributed by atoms with Crippen LogP contribution in [0, 0.1) is 0 Å². The second kappa shape index (κ2) is 67.2. The second-order valence-corrected chi connectivity index (χ2v) is 27.7. The maximum absolute atomic E-state index is 12.9. The van der Waals surface area contributed by atoms with Crippen LogP contribution >= 0.6 is 15.6 Å². The summed E-state index contributed by atoms with van der Waals surface area (Å²) in [5, 5.41) is 20.6. The maximum Gasteiger partial charge on any atom is 0.472 e. The Hall–Kier alpha value is -2.75. The van der Waals surface area contributed by atoms with Crippen LogP contribution in [0.15, 0.2) is 60.8 Å². The summed E-state index contributed by atoms with van der Waals surface area (Å²) in [6, 6.07) is 0. The molecule has 0 aliphatic rings. The fourth-order valence-corrected chi connectivity index (χ4v) is 11.7. The van der Waals surface area contributed by atoms with Crippen LogP contribution < -0.4 is 0 Å². The van der Waals surface area contributed by atoms with Gasteiger partial charge in [-0.15, -0.1) is 0 Å². The van der Waals surface area contributed by atoms with E-state index in [9.17, 15) is 43.5 Å². The Bertz CT molecular complexity index is 1910. The van der Waals surface area contributed by atoms with Crippen LogP contribution in [0.4, 0.5) is 0 Å². The highest BCUT2D eigenvalue weighted by molar-refractivity contribution is 7.47. The lowest BCUT2D eigenvalue weighted by Gasteiger charge is -2.21. The number of hydrogen-bond acceptors (Lipinski definition) is 14. The van der Waals surface area contributed by atoms with Crippen molar-refractivity contribution in [1.82, 2.24) is 0 Å². The first-order valence-corrected chi connectivity index (χ1v) is 39.6. The Morgan fingerprint density at radius 3 is 0.901 bits per heavy atom. The van der Waals surface area contributed by atoms with Crippen molar-refractivity contribution < 1.29 is 75.8 Å². The lowest BCUT2D eigenvalue weighted by Crippen LogP contribution is -2.30. The Kier molecular flexibility index (Phi) is 65.2. The summed E-state index contributed by atoms with van der Waals surface area (Å²) in [7, 11) is -9.76. The summed E-state index contributed by atoms with van der Waals surface area (Å²) in [4.78, 5) is 58.3. The molecule has 0 radical (unpaired) electrons. The van der Waals surface area contributed by atoms with Gasteiger partial charge in [-0.1, -0.05) is 281 Å². The third-order valence-electron chi connectivity index (χ3n) is 15.7. The van der Waals surface area contributed by atoms with Crippen LogP contribution in [0.1, 0.15) is 329 Å². The van der Waals surface area contributed by atoms with Crippen LogP contribution in [-0.2, 0) is 55.8 Å². The van der Waals surface area contributed by atoms with Crippen molar-refractivity contribution in [2.24, 2.45) is 0 Å². The summed E-state index contributed by atoms with van der Waals surface area (Å²) in [6.45, 7) is 2.66. The number of unbranched alkanes of at least 4 members (excludes halogenated alkanes) is 37. The molecule has 0 aliphatic heterocycles. The average molecular weight is 1330 g/mol. The van der Waals surface area contributed by atoms with E-state index < -0.39 is 91.5 Å². The Morgan fingerprint density at radius 1 is 0.308 bits per heavy atom. The first-order chi connectivity index (χ1) is 44.2. The van der Waals surface area contributed by atoms with E-state index in [2.05, 4.69) is 81.5 Å². The zero-order valence-electron chi connectivity index (χ0n) is 57.8. The van der Waals surface area contributed by atoms with Crippen molar-refractivity contribution in [3.05, 3.63) is 60.8 Å². The van der Waals surface area contributed by atoms with Gasteiger partial charge in [-0.25, -0.2) is 9.13 Å². The van der Waals surface area contributed by atoms with E-state index >= 15 is 0 Å². The molecule has 0 spiro atoms. The number of allylic oxidation sites excluding steroid dienone is 10. The molecule has 0 saturated carbocycles. The molecule has 532 valence electrons. The molecule has 0 aromatic rings. The van der Waals surface area contributed by atoms with E-state index in [1.54, 1.807) is 0 Å². The van der Waals surface area contributed by atoms with E-state index in [1.807, 2.05) is 0 Å². The fraction of sp³-hybridized carbons (Fsp3) is 0.822. The van der Waals surface area contributed by atoms with Crippen molar-refractivity contribution in [3.63, 3.8) is 0 Å². The van der Waals surface area contributed by atoms with Gasteiger partial charge in [-0.2, -0.15) is 0 Å². The van der Waals surface area contributed by atoms with E-state index in [1.165, 1.54) is 161 Å². The molecule has 0 fully saturated rings. The Labute approximate surface area is 554 Å². The van der Waals surface area contributed by atoms with Crippen LogP contribution in [0.25, 0.3) is 0 Å². The highest BCUT2D eigenvalue weighted by Gasteiger charge is 2.29. The number of aliphatic hydroxyl groups excluding tert-OH is 2. The molecule has 4 N–H and O–H groups in total. The molecule has 0 heterocycles. The molecule has 5 unspecified atom stereocenters. The van der Waals surface area contributed by atoms with E-state index in [4.69, 9.17) is 32.3 Å². The number of phosphoric ester groups is 2. The van der Waals surface area contributed by atoms with Gasteiger partial charge >= 0.3 is 33.6 Å². The van der Waals surface area contributed by atoms with Gasteiger partial charge < -0.3 is 34.2 Å². The smallest absolute Gasteiger partial charge is 0.463 e. The number of phosphoric acid groups is 2. The van der Waals surface area contributed by atoms with Gasteiger partial charge in [-0.3, -0.25) is 32.5 Å². The Balaban J connectivity index is 4.38. The summed E-state index contributed by atoms with van der Waals surface area (Å²) in [6.07, 6.45) is 70.0. The van der Waals surface area contributed by atoms with Gasteiger partial charge in [0.15, 0.2) is 6.10 Å². The lowest BCUT2D eigenvalue weighted by atomic mass is 10.0. The van der Waals surface area contributed by atoms with Gasteiger partial charge in [0.2, 0.25) is 0 Å². The number of carbonyl (C=O) groups excluding carboxylic acids is 3. The minimum Gasteiger partial charge on any atom is -0.463 e. The van der Waals surface area contributed by atoms with Gasteiger partial charge in [0.1, 0.15) is 25.4 Å². The number of ether oxygens (including phenoxy) is 3. The predicted molar refractivity (Wildman–Crippen MR) is 372 cm³/mol. The number of carbonyl (C=O) groups is 3. The lowest BCUT2D eigenvalue weighted by molar-refractivity contribution is -0.161. The van der Waals surface area contributed by atoms with Crippen LogP contribution in [0.5, 0.6) is 0 Å². The van der Waals surface area contributed by atoms with E-state index in [-0.39, 0.29) is 19.3 Å². The summed E-state index contributed by atoms with van der Waals surface area (Å²) < 4.78 is 60.9. The van der Waals surface area contributed by atoms with Gasteiger partial charge in [0.25, 0.3) is 0 Å². The highest BCUT2D eigenvalue weighted by atomic mass is 31.2. The van der Waals surface area contributed by atoms with E-state index in [0.29, 0.717) is 19.3 Å². The molecule has 0 amide bonds. The molecular formula is C73H134O16P2. The third kappa shape index (κ3) is 68.4. The minimum absolute atomic E-state index is 0.109. The standard InChI is InChI=1S/C73H134O16P2/c1-4-7-10-13-16-19-22-24-26-27-28-29-30-31-32-33-34-35-36-37-38-39-41-43-45-47-50-53-56-59-71(76)83-62-68(74)63-85-90(79,80)86-64-69(75)65-87-91(81,82)88-67-70(89-73(78)61-58-55-52-49-44-21-18-15-12-9-6-3)66-84-72(77)60-57-54-51-48-46-42-40-25-23-20-17-14-11-8-5-2/h16,19,24-26,28-29,31-32,40,68-70,74-75H,4-15,17-18,20-23,27,30,33-39,41-67H2,1-3H3,(H,79,80)(H,81,82)/b19-16-,26-24-,29-28-,32-31-,40-25-. The topological polar surface area (TPSA) is 231 Å². The summed E-state index contributed by atoms with van der Waals surface area (Å²) in [5.41, 5.74) is 0. The molecule has 0 saturated heterocycles. The van der Waals surface area contributed by atoms with Crippen LogP contribution in [0.3, 0.4) is 0 Å². The van der Waals surface area contributed by atoms with Crippen LogP contribution in [0.2, 0.25) is 0 Å². The first-order valence-electron chi connectivity index (χ1n) is 36.6. The van der Waals surface area contributed by atoms with Crippen LogP contribution in [-0.4, -0.2) is 95.9 Å². The van der Waals surface area contributed by atoms with Crippen molar-refractivity contribution >= 4 is 33.6 Å². The highest BCUT2D eigenvalue weighted by Crippen LogP contribution is 2.45. The zero-order valence-corrected chi connectivity index (χ0v) is 59.6. The molecule has 0 aromatic carbocycles. The van der Waals surface area contributed by atoms with Crippen molar-refractivity contribution in [3.8, 4) is 0 Å². The molecule has 18 heteroatoms. The Morgan fingerprint density at radius 2 is 0.549 bits per heavy atom. The zero-order chi connectivity index (χ0) is 66.7. The summed E-state index contributed by atoms with van der Waals surface area (Å²) in [5.74, 6) is -1.57. The third-order valence-corrected chi connectivity index (χ3v) is 17.6. The first kappa shape index (κ1) is 88.2. The molecule has 0 aromatic heterocycles. The molecule has 0 rings (SSSR count). The quantitative estimate of drug-likeness (QED) is 0.0146. The number of rotatable bonds is 70. The van der Waals surface area contributed by atoms with Crippen molar-refractivity contribution in [2.75, 3.05) is 39.6 Å². The number of esters is 3. The average Bonchev–Trinajstić information content (AvgIpc) is 3.72. The largest absolute Gasteiger partial charge is 0.472 e. The number of aliphatic hydroxyl groups is 2. The van der Waals surface area contributed by atoms with Crippen molar-refractivity contribution in [1.29, 1.82) is 0 Å². The molecule has 5 atom stereocenters. The normalized spacial score (nSPS) is 14.5. The molecular weight excluding hydrogens is 1190 g/mol. The maximum atomic E-state index is 12.9.